The molecule has 0 spiro atoms. The number of hydrogen-bond donors (Lipinski definition) is 1. The van der Waals surface area contributed by atoms with Crippen LogP contribution >= 0.6 is 0 Å². The Balaban J connectivity index is 1.54. The molecule has 7 heteroatoms. The molecule has 0 saturated carbocycles. The fraction of sp³-hybridized carbons (Fsp3) is 0.348. The summed E-state index contributed by atoms with van der Waals surface area (Å²) < 4.78 is 10.4. The van der Waals surface area contributed by atoms with Crippen molar-refractivity contribution in [3.63, 3.8) is 0 Å². The van der Waals surface area contributed by atoms with E-state index in [4.69, 9.17) is 9.47 Å². The van der Waals surface area contributed by atoms with E-state index in [0.717, 1.165) is 17.7 Å². The van der Waals surface area contributed by atoms with Crippen molar-refractivity contribution in [1.82, 2.24) is 0 Å². The highest BCUT2D eigenvalue weighted by atomic mass is 16.5. The highest BCUT2D eigenvalue weighted by Crippen LogP contribution is 2.27. The second-order valence-corrected chi connectivity index (χ2v) is 7.29. The second-order valence-electron chi connectivity index (χ2n) is 7.29. The lowest BCUT2D eigenvalue weighted by molar-refractivity contribution is -0.151. The summed E-state index contributed by atoms with van der Waals surface area (Å²) in [5.74, 6) is -1.22. The summed E-state index contributed by atoms with van der Waals surface area (Å²) in [5.41, 5.74) is 3.41. The van der Waals surface area contributed by atoms with Crippen molar-refractivity contribution in [2.75, 3.05) is 30.5 Å². The van der Waals surface area contributed by atoms with Gasteiger partial charge in [-0.25, -0.2) is 0 Å². The molecule has 0 bridgehead atoms. The zero-order valence-electron chi connectivity index (χ0n) is 17.4. The monoisotopic (exact) mass is 410 g/mol. The molecule has 1 N–H and O–H groups in total. The van der Waals surface area contributed by atoms with Crippen LogP contribution in [0.15, 0.2) is 42.5 Å². The molecule has 1 fully saturated rings. The Hall–Kier alpha value is -3.35. The zero-order chi connectivity index (χ0) is 21.7. The van der Waals surface area contributed by atoms with Crippen LogP contribution in [0.1, 0.15) is 24.5 Å². The molecule has 1 saturated heterocycles. The van der Waals surface area contributed by atoms with Gasteiger partial charge in [0, 0.05) is 18.7 Å². The minimum absolute atomic E-state index is 0.0711. The van der Waals surface area contributed by atoms with Gasteiger partial charge in [0.2, 0.25) is 5.91 Å². The van der Waals surface area contributed by atoms with Gasteiger partial charge >= 0.3 is 5.97 Å². The zero-order valence-corrected chi connectivity index (χ0v) is 17.4. The minimum atomic E-state index is -0.593. The van der Waals surface area contributed by atoms with Crippen molar-refractivity contribution in [2.45, 2.75) is 26.7 Å². The number of aryl methyl sites for hydroxylation is 2. The highest BCUT2D eigenvalue weighted by molar-refractivity contribution is 6.00. The topological polar surface area (TPSA) is 84.9 Å². The summed E-state index contributed by atoms with van der Waals surface area (Å²) in [6, 6.07) is 13.1. The first-order chi connectivity index (χ1) is 14.4. The van der Waals surface area contributed by atoms with E-state index < -0.39 is 24.4 Å². The van der Waals surface area contributed by atoms with Gasteiger partial charge in [0.25, 0.3) is 5.91 Å². The Morgan fingerprint density at radius 2 is 1.90 bits per heavy atom. The summed E-state index contributed by atoms with van der Waals surface area (Å²) in [7, 11) is 1.51. The molecule has 0 aromatic heterocycles. The minimum Gasteiger partial charge on any atom is -0.495 e. The van der Waals surface area contributed by atoms with Crippen molar-refractivity contribution >= 4 is 29.2 Å². The van der Waals surface area contributed by atoms with Crippen molar-refractivity contribution in [2.24, 2.45) is 5.92 Å². The molecular formula is C23H26N2O5. The lowest BCUT2D eigenvalue weighted by Gasteiger charge is -2.17. The summed E-state index contributed by atoms with van der Waals surface area (Å²) in [6.07, 6.45) is 0.987. The van der Waals surface area contributed by atoms with E-state index in [1.54, 1.807) is 17.0 Å². The molecule has 2 aromatic rings. The Morgan fingerprint density at radius 1 is 1.17 bits per heavy atom. The number of methoxy groups -OCH3 is 1. The lowest BCUT2D eigenvalue weighted by atomic mass is 10.1. The van der Waals surface area contributed by atoms with Gasteiger partial charge < -0.3 is 19.7 Å². The van der Waals surface area contributed by atoms with E-state index in [0.29, 0.717) is 11.4 Å². The van der Waals surface area contributed by atoms with E-state index in [1.165, 1.54) is 12.7 Å². The van der Waals surface area contributed by atoms with Crippen molar-refractivity contribution in [3.8, 4) is 5.75 Å². The number of nitrogens with zero attached hydrogens (tertiary/aromatic N) is 1. The third-order valence-corrected chi connectivity index (χ3v) is 5.09. The van der Waals surface area contributed by atoms with Crippen LogP contribution in [0.5, 0.6) is 5.75 Å². The summed E-state index contributed by atoms with van der Waals surface area (Å²) in [5, 5.41) is 2.68. The molecule has 158 valence electrons. The van der Waals surface area contributed by atoms with E-state index in [-0.39, 0.29) is 18.9 Å². The smallest absolute Gasteiger partial charge is 0.311 e. The quantitative estimate of drug-likeness (QED) is 0.709. The van der Waals surface area contributed by atoms with Crippen LogP contribution in [0.3, 0.4) is 0 Å². The van der Waals surface area contributed by atoms with Gasteiger partial charge in [-0.1, -0.05) is 25.1 Å². The van der Waals surface area contributed by atoms with Crippen LogP contribution in [-0.2, 0) is 25.5 Å². The molecule has 0 unspecified atom stereocenters. The standard InChI is InChI=1S/C23H26N2O5/c1-4-16-6-8-18(9-7-16)25-13-17(12-22(25)27)23(28)30-14-21(26)24-19-11-15(2)5-10-20(19)29-3/h5-11,17H,4,12-14H2,1-3H3,(H,24,26)/t17-/m0/s1. The maximum absolute atomic E-state index is 12.4. The number of benzene rings is 2. The van der Waals surface area contributed by atoms with Crippen LogP contribution < -0.4 is 15.0 Å². The second kappa shape index (κ2) is 9.43. The van der Waals surface area contributed by atoms with Crippen LogP contribution in [0.4, 0.5) is 11.4 Å². The third-order valence-electron chi connectivity index (χ3n) is 5.09. The number of carbonyl (C=O) groups is 3. The van der Waals surface area contributed by atoms with Gasteiger partial charge in [-0.2, -0.15) is 0 Å². The van der Waals surface area contributed by atoms with Crippen molar-refractivity contribution in [1.29, 1.82) is 0 Å². The predicted octanol–water partition coefficient (Wildman–Crippen LogP) is 3.10. The Bertz CT molecular complexity index is 939. The van der Waals surface area contributed by atoms with Gasteiger partial charge in [0.05, 0.1) is 18.7 Å². The summed E-state index contributed by atoms with van der Waals surface area (Å²) in [6.45, 7) is 3.78. The molecule has 1 aliphatic heterocycles. The molecule has 1 atom stereocenters. The number of amides is 2. The van der Waals surface area contributed by atoms with Crippen LogP contribution in [-0.4, -0.2) is 38.0 Å². The normalized spacial score (nSPS) is 15.8. The fourth-order valence-corrected chi connectivity index (χ4v) is 3.39. The molecule has 0 radical (unpaired) electrons. The number of anilines is 2. The van der Waals surface area contributed by atoms with E-state index >= 15 is 0 Å². The van der Waals surface area contributed by atoms with Gasteiger partial charge in [0.1, 0.15) is 5.75 Å². The third kappa shape index (κ3) is 4.97. The molecule has 1 aliphatic rings. The fourth-order valence-electron chi connectivity index (χ4n) is 3.39. The Labute approximate surface area is 176 Å². The first-order valence-corrected chi connectivity index (χ1v) is 9.91. The van der Waals surface area contributed by atoms with E-state index in [2.05, 4.69) is 12.2 Å². The van der Waals surface area contributed by atoms with Crippen LogP contribution in [0.25, 0.3) is 0 Å². The molecule has 3 rings (SSSR count). The molecular weight excluding hydrogens is 384 g/mol. The first-order valence-electron chi connectivity index (χ1n) is 9.91. The molecule has 2 aromatic carbocycles. The maximum atomic E-state index is 12.4. The Kier molecular flexibility index (Phi) is 6.72. The number of carbonyl (C=O) groups excluding carboxylic acids is 3. The van der Waals surface area contributed by atoms with Crippen molar-refractivity contribution < 1.29 is 23.9 Å². The van der Waals surface area contributed by atoms with Crippen LogP contribution in [0.2, 0.25) is 0 Å². The van der Waals surface area contributed by atoms with Gasteiger partial charge in [-0.05, 0) is 48.7 Å². The molecule has 1 heterocycles. The van der Waals surface area contributed by atoms with Gasteiger partial charge in [0.15, 0.2) is 6.61 Å². The maximum Gasteiger partial charge on any atom is 0.311 e. The number of rotatable bonds is 7. The molecule has 30 heavy (non-hydrogen) atoms. The Morgan fingerprint density at radius 3 is 2.57 bits per heavy atom. The molecule has 7 nitrogen and oxygen atoms in total. The van der Waals surface area contributed by atoms with Gasteiger partial charge in [-0.3, -0.25) is 14.4 Å². The van der Waals surface area contributed by atoms with Crippen molar-refractivity contribution in [3.05, 3.63) is 53.6 Å². The van der Waals surface area contributed by atoms with Gasteiger partial charge in [-0.15, -0.1) is 0 Å². The number of esters is 1. The lowest BCUT2D eigenvalue weighted by Crippen LogP contribution is -2.28. The largest absolute Gasteiger partial charge is 0.495 e. The first kappa shape index (κ1) is 21.4. The SMILES string of the molecule is CCc1ccc(N2C[C@@H](C(=O)OCC(=O)Nc3cc(C)ccc3OC)CC2=O)cc1. The molecule has 0 aliphatic carbocycles. The molecule has 2 amide bonds. The number of hydrogen-bond acceptors (Lipinski definition) is 5. The van der Waals surface area contributed by atoms with Crippen LogP contribution in [0, 0.1) is 12.8 Å². The average molecular weight is 410 g/mol. The number of ether oxygens (including phenoxy) is 2. The predicted molar refractivity (Wildman–Crippen MR) is 114 cm³/mol. The van der Waals surface area contributed by atoms with E-state index in [9.17, 15) is 14.4 Å². The van der Waals surface area contributed by atoms with E-state index in [1.807, 2.05) is 37.3 Å². The summed E-state index contributed by atoms with van der Waals surface area (Å²) >= 11 is 0. The highest BCUT2D eigenvalue weighted by Gasteiger charge is 2.36. The average Bonchev–Trinajstić information content (AvgIpc) is 3.14. The number of nitrogens with one attached hydrogen (secondary N) is 1. The summed E-state index contributed by atoms with van der Waals surface area (Å²) in [4.78, 5) is 38.5.